The van der Waals surface area contributed by atoms with Crippen LogP contribution in [0.2, 0.25) is 0 Å². The minimum absolute atomic E-state index is 0.0264. The molecule has 0 spiro atoms. The molecule has 1 aromatic heterocycles. The number of aromatic nitrogens is 2. The minimum Gasteiger partial charge on any atom is -0.281 e. The molecule has 5 heteroatoms. The topological polar surface area (TPSA) is 26.9 Å². The number of hydrogen-bond donors (Lipinski definition) is 0. The van der Waals surface area contributed by atoms with Crippen molar-refractivity contribution in [2.75, 3.05) is 0 Å². The van der Waals surface area contributed by atoms with Gasteiger partial charge in [-0.15, -0.1) is 0 Å². The molecule has 0 amide bonds. The molecule has 0 radical (unpaired) electrons. The second-order valence-electron chi connectivity index (χ2n) is 9.50. The summed E-state index contributed by atoms with van der Waals surface area (Å²) in [5, 5.41) is 0. The third-order valence-electron chi connectivity index (χ3n) is 8.07. The molecule has 2 saturated carbocycles. The van der Waals surface area contributed by atoms with Crippen molar-refractivity contribution in [1.29, 1.82) is 0 Å². The highest BCUT2D eigenvalue weighted by Gasteiger charge is 2.63. The maximum Gasteiger partial charge on any atom is 0.275 e. The normalized spacial score (nSPS) is 28.4. The molecular weight excluding hydrogens is 346 g/mol. The van der Waals surface area contributed by atoms with Gasteiger partial charge in [-0.05, 0) is 55.1 Å². The van der Waals surface area contributed by atoms with E-state index in [0.29, 0.717) is 5.92 Å². The van der Waals surface area contributed by atoms with Gasteiger partial charge < -0.3 is 0 Å². The van der Waals surface area contributed by atoms with Crippen molar-refractivity contribution < 1.29 is 8.78 Å². The Balaban J connectivity index is 1.78. The van der Waals surface area contributed by atoms with Gasteiger partial charge >= 0.3 is 0 Å². The minimum atomic E-state index is -0.681. The monoisotopic (exact) mass is 372 g/mol. The first-order valence-corrected chi connectivity index (χ1v) is 10.1. The van der Waals surface area contributed by atoms with Crippen LogP contribution >= 0.6 is 0 Å². The van der Waals surface area contributed by atoms with Gasteiger partial charge in [0.25, 0.3) is 5.56 Å². The molecular formula is C22H26F2N2O. The molecule has 27 heavy (non-hydrogen) atoms. The van der Waals surface area contributed by atoms with Crippen LogP contribution in [0.15, 0.2) is 23.0 Å². The molecule has 2 unspecified atom stereocenters. The lowest BCUT2D eigenvalue weighted by atomic mass is 9.70. The van der Waals surface area contributed by atoms with Gasteiger partial charge in [0.15, 0.2) is 5.82 Å². The summed E-state index contributed by atoms with van der Waals surface area (Å²) < 4.78 is 31.7. The van der Waals surface area contributed by atoms with Gasteiger partial charge in [-0.2, -0.15) is 0 Å². The standard InChI is InChI=1S/C22H26F2N2O/c1-21(2)15-9-10-22(21,3)19-18(15)20(27)26(25(19)12-13-5-4-6-13)17-8-7-14(23)11-16(17)24/h7-8,11,13,15H,4-6,9-10,12H2,1-3H3. The van der Waals surface area contributed by atoms with Crippen LogP contribution in [-0.4, -0.2) is 9.36 Å². The number of nitrogens with zero attached hydrogens (tertiary/aromatic N) is 2. The fourth-order valence-electron chi connectivity index (χ4n) is 5.87. The zero-order valence-corrected chi connectivity index (χ0v) is 16.2. The molecule has 1 heterocycles. The maximum atomic E-state index is 14.6. The Bertz CT molecular complexity index is 998. The van der Waals surface area contributed by atoms with E-state index in [1.807, 2.05) is 0 Å². The molecule has 2 fully saturated rings. The van der Waals surface area contributed by atoms with E-state index in [0.717, 1.165) is 49.6 Å². The predicted molar refractivity (Wildman–Crippen MR) is 100 cm³/mol. The number of halogens is 2. The van der Waals surface area contributed by atoms with Crippen LogP contribution in [0.5, 0.6) is 0 Å². The van der Waals surface area contributed by atoms with Gasteiger partial charge in [0.1, 0.15) is 11.5 Å². The highest BCUT2D eigenvalue weighted by molar-refractivity contribution is 5.47. The third-order valence-corrected chi connectivity index (χ3v) is 8.07. The number of hydrogen-bond acceptors (Lipinski definition) is 1. The van der Waals surface area contributed by atoms with E-state index in [2.05, 4.69) is 25.5 Å². The first kappa shape index (κ1) is 17.2. The molecule has 3 aliphatic carbocycles. The summed E-state index contributed by atoms with van der Waals surface area (Å²) in [4.78, 5) is 13.5. The fraction of sp³-hybridized carbons (Fsp3) is 0.591. The molecule has 144 valence electrons. The van der Waals surface area contributed by atoms with Gasteiger partial charge in [0, 0.05) is 23.6 Å². The number of fused-ring (bicyclic) bond motifs is 5. The van der Waals surface area contributed by atoms with Crippen molar-refractivity contribution in [2.24, 2.45) is 11.3 Å². The molecule has 5 rings (SSSR count). The van der Waals surface area contributed by atoms with Crippen molar-refractivity contribution >= 4 is 0 Å². The van der Waals surface area contributed by atoms with Crippen LogP contribution in [0.4, 0.5) is 8.78 Å². The molecule has 0 aliphatic heterocycles. The van der Waals surface area contributed by atoms with E-state index < -0.39 is 11.6 Å². The highest BCUT2D eigenvalue weighted by Crippen LogP contribution is 2.67. The lowest BCUT2D eigenvalue weighted by Crippen LogP contribution is -2.37. The van der Waals surface area contributed by atoms with Gasteiger partial charge in [-0.1, -0.05) is 27.2 Å². The molecule has 3 aliphatic rings. The second kappa shape index (κ2) is 5.33. The van der Waals surface area contributed by atoms with Crippen LogP contribution in [0.1, 0.15) is 70.1 Å². The average Bonchev–Trinajstić information content (AvgIpc) is 3.03. The van der Waals surface area contributed by atoms with E-state index >= 15 is 0 Å². The van der Waals surface area contributed by atoms with E-state index in [1.54, 1.807) is 0 Å². The smallest absolute Gasteiger partial charge is 0.275 e. The Hall–Kier alpha value is -1.91. The van der Waals surface area contributed by atoms with E-state index in [-0.39, 0.29) is 28.0 Å². The van der Waals surface area contributed by atoms with E-state index in [9.17, 15) is 13.6 Å². The SMILES string of the molecule is CC12CCC(c3c1n(CC1CCC1)n(-c1ccc(F)cc1F)c3=O)C2(C)C. The zero-order chi connectivity index (χ0) is 19.1. The molecule has 2 aromatic rings. The Kier molecular flexibility index (Phi) is 3.40. The third kappa shape index (κ3) is 2.03. The molecule has 2 atom stereocenters. The largest absolute Gasteiger partial charge is 0.281 e. The Morgan fingerprint density at radius 3 is 2.52 bits per heavy atom. The number of benzene rings is 1. The van der Waals surface area contributed by atoms with Gasteiger partial charge in [-0.25, -0.2) is 13.5 Å². The molecule has 1 aromatic carbocycles. The van der Waals surface area contributed by atoms with E-state index in [1.165, 1.54) is 23.2 Å². The summed E-state index contributed by atoms with van der Waals surface area (Å²) >= 11 is 0. The highest BCUT2D eigenvalue weighted by atomic mass is 19.1. The summed E-state index contributed by atoms with van der Waals surface area (Å²) in [6.45, 7) is 7.53. The summed E-state index contributed by atoms with van der Waals surface area (Å²) in [7, 11) is 0. The van der Waals surface area contributed by atoms with Crippen molar-refractivity contribution in [2.45, 2.75) is 70.8 Å². The first-order chi connectivity index (χ1) is 12.8. The lowest BCUT2D eigenvalue weighted by molar-refractivity contribution is 0.199. The lowest BCUT2D eigenvalue weighted by Gasteiger charge is -2.37. The second-order valence-corrected chi connectivity index (χ2v) is 9.50. The van der Waals surface area contributed by atoms with Crippen molar-refractivity contribution in [3.63, 3.8) is 0 Å². The van der Waals surface area contributed by atoms with Crippen LogP contribution < -0.4 is 5.56 Å². The number of rotatable bonds is 3. The van der Waals surface area contributed by atoms with Crippen LogP contribution in [0.25, 0.3) is 5.69 Å². The van der Waals surface area contributed by atoms with Crippen LogP contribution in [-0.2, 0) is 12.0 Å². The summed E-state index contributed by atoms with van der Waals surface area (Å²) in [6, 6.07) is 3.50. The van der Waals surface area contributed by atoms with Gasteiger partial charge in [0.05, 0.1) is 5.69 Å². The van der Waals surface area contributed by atoms with Crippen molar-refractivity contribution in [3.8, 4) is 5.69 Å². The molecule has 3 nitrogen and oxygen atoms in total. The maximum absolute atomic E-state index is 14.6. The molecule has 0 saturated heterocycles. The average molecular weight is 372 g/mol. The van der Waals surface area contributed by atoms with Gasteiger partial charge in [0.2, 0.25) is 0 Å². The summed E-state index contributed by atoms with van der Waals surface area (Å²) in [5.74, 6) is -0.564. The van der Waals surface area contributed by atoms with Gasteiger partial charge in [-0.3, -0.25) is 9.48 Å². The Morgan fingerprint density at radius 2 is 1.89 bits per heavy atom. The van der Waals surface area contributed by atoms with Crippen molar-refractivity contribution in [1.82, 2.24) is 9.36 Å². The quantitative estimate of drug-likeness (QED) is 0.753. The molecule has 2 bridgehead atoms. The summed E-state index contributed by atoms with van der Waals surface area (Å²) in [6.07, 6.45) is 5.57. The van der Waals surface area contributed by atoms with Crippen LogP contribution in [0.3, 0.4) is 0 Å². The van der Waals surface area contributed by atoms with Crippen LogP contribution in [0, 0.1) is 23.0 Å². The first-order valence-electron chi connectivity index (χ1n) is 10.1. The Labute approximate surface area is 158 Å². The zero-order valence-electron chi connectivity index (χ0n) is 16.2. The predicted octanol–water partition coefficient (Wildman–Crippen LogP) is 4.89. The fourth-order valence-corrected chi connectivity index (χ4v) is 5.87. The van der Waals surface area contributed by atoms with E-state index in [4.69, 9.17) is 0 Å². The molecule has 0 N–H and O–H groups in total. The Morgan fingerprint density at radius 1 is 1.15 bits per heavy atom. The summed E-state index contributed by atoms with van der Waals surface area (Å²) in [5.41, 5.74) is 1.96. The van der Waals surface area contributed by atoms with Crippen molar-refractivity contribution in [3.05, 3.63) is 51.4 Å².